The highest BCUT2D eigenvalue weighted by atomic mass is 79.9. The summed E-state index contributed by atoms with van der Waals surface area (Å²) in [5.41, 5.74) is 4.94. The molecule has 1 aromatic heterocycles. The largest absolute Gasteiger partial charge is 0.490 e. The van der Waals surface area contributed by atoms with Gasteiger partial charge >= 0.3 is 5.97 Å². The zero-order valence-corrected chi connectivity index (χ0v) is 27.8. The Labute approximate surface area is 274 Å². The highest BCUT2D eigenvalue weighted by Crippen LogP contribution is 2.44. The molecule has 11 heteroatoms. The van der Waals surface area contributed by atoms with Crippen LogP contribution in [0.25, 0.3) is 0 Å². The summed E-state index contributed by atoms with van der Waals surface area (Å²) in [6.45, 7) is 10.3. The Bertz CT molecular complexity index is 1710. The predicted octanol–water partition coefficient (Wildman–Crippen LogP) is 8.29. The number of carbonyl (C=O) groups is 1. The summed E-state index contributed by atoms with van der Waals surface area (Å²) < 4.78 is 20.2. The van der Waals surface area contributed by atoms with E-state index in [0.29, 0.717) is 62.3 Å². The van der Waals surface area contributed by atoms with Crippen LogP contribution in [0.4, 0.5) is 5.95 Å². The lowest BCUT2D eigenvalue weighted by Gasteiger charge is -2.29. The number of aryl methyl sites for hydroxylation is 1. The molecule has 228 valence electrons. The first-order valence-corrected chi connectivity index (χ1v) is 16.2. The second kappa shape index (κ2) is 14.4. The number of allylic oxidation sites excluding steroid dienone is 1. The number of carbonyl (C=O) groups excluding carboxylic acids is 1. The molecule has 1 atom stereocenters. The van der Waals surface area contributed by atoms with E-state index in [-0.39, 0.29) is 6.61 Å². The first-order chi connectivity index (χ1) is 21.3. The van der Waals surface area contributed by atoms with Crippen LogP contribution < -0.4 is 14.8 Å². The van der Waals surface area contributed by atoms with Crippen LogP contribution in [0, 0.1) is 6.92 Å². The molecule has 0 saturated heterocycles. The van der Waals surface area contributed by atoms with Gasteiger partial charge < -0.3 is 19.5 Å². The number of benzene rings is 3. The van der Waals surface area contributed by atoms with E-state index in [9.17, 15) is 4.79 Å². The Balaban J connectivity index is 1.52. The Morgan fingerprint density at radius 1 is 1.16 bits per heavy atom. The van der Waals surface area contributed by atoms with Gasteiger partial charge in [-0.1, -0.05) is 84.0 Å². The zero-order chi connectivity index (χ0) is 31.2. The van der Waals surface area contributed by atoms with Crippen LogP contribution in [0.2, 0.25) is 5.02 Å². The third kappa shape index (κ3) is 7.14. The Hall–Kier alpha value is -3.73. The number of hydrogen-bond donors (Lipinski definition) is 1. The molecular weight excluding hydrogens is 664 g/mol. The maximum Gasteiger partial charge on any atom is 0.338 e. The van der Waals surface area contributed by atoms with Gasteiger partial charge in [0.15, 0.2) is 11.5 Å². The molecule has 0 amide bonds. The van der Waals surface area contributed by atoms with Crippen LogP contribution in [0.15, 0.2) is 94.2 Å². The van der Waals surface area contributed by atoms with Gasteiger partial charge in [0.2, 0.25) is 11.1 Å². The molecule has 1 aliphatic heterocycles. The van der Waals surface area contributed by atoms with E-state index in [1.165, 1.54) is 23.4 Å². The van der Waals surface area contributed by atoms with Crippen molar-refractivity contribution in [2.45, 2.75) is 44.3 Å². The van der Waals surface area contributed by atoms with Crippen molar-refractivity contribution in [1.82, 2.24) is 14.8 Å². The van der Waals surface area contributed by atoms with Crippen LogP contribution in [0.3, 0.4) is 0 Å². The zero-order valence-electron chi connectivity index (χ0n) is 24.6. The number of thioether (sulfide) groups is 1. The molecule has 0 bridgehead atoms. The van der Waals surface area contributed by atoms with Crippen molar-refractivity contribution in [3.63, 3.8) is 0 Å². The van der Waals surface area contributed by atoms with Gasteiger partial charge in [0.1, 0.15) is 19.3 Å². The molecule has 4 aromatic rings. The van der Waals surface area contributed by atoms with Crippen molar-refractivity contribution in [2.75, 3.05) is 18.5 Å². The van der Waals surface area contributed by atoms with E-state index in [0.717, 1.165) is 16.7 Å². The summed E-state index contributed by atoms with van der Waals surface area (Å²) in [4.78, 5) is 18.2. The number of nitrogens with zero attached hydrogens (tertiary/aromatic N) is 3. The molecule has 0 fully saturated rings. The van der Waals surface area contributed by atoms with Gasteiger partial charge in [-0.3, -0.25) is 0 Å². The third-order valence-electron chi connectivity index (χ3n) is 6.85. The number of ether oxygens (including phenoxy) is 3. The van der Waals surface area contributed by atoms with E-state index in [1.54, 1.807) is 4.68 Å². The van der Waals surface area contributed by atoms with Crippen molar-refractivity contribution in [3.8, 4) is 11.5 Å². The quantitative estimate of drug-likeness (QED) is 0.0900. The van der Waals surface area contributed by atoms with Crippen molar-refractivity contribution in [2.24, 2.45) is 0 Å². The average molecular weight is 696 g/mol. The molecule has 0 spiro atoms. The Morgan fingerprint density at radius 3 is 2.66 bits per heavy atom. The maximum absolute atomic E-state index is 13.4. The molecule has 1 aliphatic rings. The van der Waals surface area contributed by atoms with E-state index < -0.39 is 12.0 Å². The first-order valence-electron chi connectivity index (χ1n) is 14.0. The molecule has 2 heterocycles. The van der Waals surface area contributed by atoms with Gasteiger partial charge in [-0.2, -0.15) is 4.98 Å². The second-order valence-electron chi connectivity index (χ2n) is 10.0. The van der Waals surface area contributed by atoms with Gasteiger partial charge in [-0.15, -0.1) is 5.10 Å². The minimum Gasteiger partial charge on any atom is -0.490 e. The van der Waals surface area contributed by atoms with Crippen LogP contribution in [-0.4, -0.2) is 33.9 Å². The molecule has 8 nitrogen and oxygen atoms in total. The van der Waals surface area contributed by atoms with E-state index in [2.05, 4.69) is 40.0 Å². The van der Waals surface area contributed by atoms with Gasteiger partial charge in [0.05, 0.1) is 16.7 Å². The smallest absolute Gasteiger partial charge is 0.338 e. The third-order valence-corrected chi connectivity index (χ3v) is 8.70. The Morgan fingerprint density at radius 2 is 1.93 bits per heavy atom. The lowest BCUT2D eigenvalue weighted by atomic mass is 9.95. The fourth-order valence-corrected chi connectivity index (χ4v) is 6.41. The number of rotatable bonds is 12. The van der Waals surface area contributed by atoms with Gasteiger partial charge in [-0.25, -0.2) is 9.48 Å². The predicted molar refractivity (Wildman–Crippen MR) is 177 cm³/mol. The second-order valence-corrected chi connectivity index (χ2v) is 12.2. The fraction of sp³-hybridized carbons (Fsp3) is 0.242. The van der Waals surface area contributed by atoms with Gasteiger partial charge in [0.25, 0.3) is 0 Å². The van der Waals surface area contributed by atoms with Crippen LogP contribution in [0.5, 0.6) is 11.5 Å². The molecule has 0 saturated carbocycles. The average Bonchev–Trinajstić information content (AvgIpc) is 3.41. The van der Waals surface area contributed by atoms with E-state index in [1.807, 2.05) is 69.3 Å². The Kier molecular flexibility index (Phi) is 10.3. The van der Waals surface area contributed by atoms with Crippen LogP contribution >= 0.6 is 39.3 Å². The van der Waals surface area contributed by atoms with Crippen LogP contribution in [-0.2, 0) is 21.9 Å². The summed E-state index contributed by atoms with van der Waals surface area (Å²) in [6, 6.07) is 19.0. The monoisotopic (exact) mass is 694 g/mol. The number of esters is 1. The van der Waals surface area contributed by atoms with Crippen molar-refractivity contribution >= 4 is 51.2 Å². The van der Waals surface area contributed by atoms with Crippen LogP contribution in [0.1, 0.15) is 42.1 Å². The van der Waals surface area contributed by atoms with Gasteiger partial charge in [0, 0.05) is 16.5 Å². The molecule has 1 unspecified atom stereocenters. The normalized spacial score (nSPS) is 14.1. The molecule has 5 rings (SSSR count). The van der Waals surface area contributed by atoms with Crippen molar-refractivity contribution < 1.29 is 19.0 Å². The lowest BCUT2D eigenvalue weighted by Crippen LogP contribution is -2.29. The number of fused-ring (bicyclic) bond motifs is 1. The topological polar surface area (TPSA) is 87.5 Å². The molecule has 44 heavy (non-hydrogen) atoms. The summed E-state index contributed by atoms with van der Waals surface area (Å²) in [6.07, 6.45) is 1.54. The first kappa shape index (κ1) is 31.7. The standard InChI is InChI=1S/C33H32BrClN4O4S/c1-5-15-42-31(40)28-21(4)36-32-37-33(44-19-23-9-7-8-10-26(23)35)38-39(32)29(28)24-16-25(34)30(27(17-24)41-6-2)43-18-22-13-11-20(3)12-14-22/h5,7-14,16-17,29H,1,6,15,18-19H2,2-4H3,(H,36,37,38). The van der Waals surface area contributed by atoms with E-state index >= 15 is 0 Å². The lowest BCUT2D eigenvalue weighted by molar-refractivity contribution is -0.138. The molecule has 0 radical (unpaired) electrons. The van der Waals surface area contributed by atoms with Crippen molar-refractivity contribution in [1.29, 1.82) is 0 Å². The van der Waals surface area contributed by atoms with Crippen molar-refractivity contribution in [3.05, 3.63) is 116 Å². The van der Waals surface area contributed by atoms with Gasteiger partial charge in [-0.05, 0) is 71.6 Å². The minimum atomic E-state index is -0.660. The number of aromatic nitrogens is 3. The SMILES string of the molecule is C=CCOC(=O)C1=C(C)Nc2nc(SCc3ccccc3Cl)nn2C1c1cc(Br)c(OCc2ccc(C)cc2)c(OCC)c1. The summed E-state index contributed by atoms with van der Waals surface area (Å²) in [5.74, 6) is 1.70. The molecule has 1 N–H and O–H groups in total. The maximum atomic E-state index is 13.4. The highest BCUT2D eigenvalue weighted by molar-refractivity contribution is 9.10. The summed E-state index contributed by atoms with van der Waals surface area (Å²) in [7, 11) is 0. The highest BCUT2D eigenvalue weighted by Gasteiger charge is 2.36. The molecular formula is C33H32BrClN4O4S. The van der Waals surface area contributed by atoms with E-state index in [4.69, 9.17) is 35.9 Å². The molecule has 3 aromatic carbocycles. The number of nitrogens with one attached hydrogen (secondary N) is 1. The number of anilines is 1. The number of hydrogen-bond acceptors (Lipinski definition) is 8. The summed E-state index contributed by atoms with van der Waals surface area (Å²) in [5, 5.41) is 9.28. The molecule has 0 aliphatic carbocycles. The minimum absolute atomic E-state index is 0.0746. The fourth-order valence-electron chi connectivity index (χ4n) is 4.72. The summed E-state index contributed by atoms with van der Waals surface area (Å²) >= 11 is 11.5. The number of halogens is 2.